The molecule has 0 amide bonds. The Morgan fingerprint density at radius 1 is 1.26 bits per heavy atom. The predicted molar refractivity (Wildman–Crippen MR) is 72.5 cm³/mol. The topological polar surface area (TPSA) is 72.8 Å². The molecule has 0 radical (unpaired) electrons. The molecule has 1 rings (SSSR count). The van der Waals surface area contributed by atoms with E-state index in [4.69, 9.17) is 14.0 Å². The van der Waals surface area contributed by atoms with Crippen molar-refractivity contribution in [2.24, 2.45) is 0 Å². The summed E-state index contributed by atoms with van der Waals surface area (Å²) in [6.07, 6.45) is 0.173. The Labute approximate surface area is 114 Å². The summed E-state index contributed by atoms with van der Waals surface area (Å²) in [4.78, 5) is 0. The molecule has 5 nitrogen and oxygen atoms in total. The molecule has 108 valence electrons. The monoisotopic (exact) mass is 288 g/mol. The fourth-order valence-electron chi connectivity index (χ4n) is 1.49. The molecule has 0 heterocycles. The molecule has 19 heavy (non-hydrogen) atoms. The smallest absolute Gasteiger partial charge is 0.264 e. The van der Waals surface area contributed by atoms with Crippen LogP contribution in [0.25, 0.3) is 0 Å². The molecule has 0 aliphatic carbocycles. The molecule has 0 aliphatic rings. The van der Waals surface area contributed by atoms with Gasteiger partial charge in [0.25, 0.3) is 10.1 Å². The largest absolute Gasteiger partial charge is 0.376 e. The Morgan fingerprint density at radius 3 is 2.58 bits per heavy atom. The highest BCUT2D eigenvalue weighted by Crippen LogP contribution is 2.02. The van der Waals surface area contributed by atoms with Gasteiger partial charge in [0.2, 0.25) is 0 Å². The summed E-state index contributed by atoms with van der Waals surface area (Å²) in [5.74, 6) is -0.273. The average molecular weight is 288 g/mol. The summed E-state index contributed by atoms with van der Waals surface area (Å²) in [5, 5.41) is 0. The van der Waals surface area contributed by atoms with E-state index in [1.54, 1.807) is 0 Å². The third-order valence-corrected chi connectivity index (χ3v) is 3.22. The van der Waals surface area contributed by atoms with Gasteiger partial charge in [-0.3, -0.25) is 4.55 Å². The highest BCUT2D eigenvalue weighted by molar-refractivity contribution is 7.85. The maximum absolute atomic E-state index is 10.5. The van der Waals surface area contributed by atoms with Crippen LogP contribution in [-0.4, -0.2) is 38.0 Å². The number of ether oxygens (including phenoxy) is 2. The predicted octanol–water partition coefficient (Wildman–Crippen LogP) is 1.89. The Hall–Kier alpha value is -0.950. The fourth-order valence-corrected chi connectivity index (χ4v) is 1.97. The van der Waals surface area contributed by atoms with E-state index in [9.17, 15) is 8.42 Å². The van der Waals surface area contributed by atoms with Crippen molar-refractivity contribution in [2.45, 2.75) is 26.1 Å². The molecule has 0 fully saturated rings. The lowest BCUT2D eigenvalue weighted by Gasteiger charge is -2.13. The molecular formula is C13H20O5S. The van der Waals surface area contributed by atoms with Gasteiger partial charge in [0.15, 0.2) is 0 Å². The Balaban J connectivity index is 2.07. The molecule has 1 atom stereocenters. The molecule has 6 heteroatoms. The van der Waals surface area contributed by atoms with Crippen molar-refractivity contribution < 1.29 is 22.4 Å². The lowest BCUT2D eigenvalue weighted by atomic mass is 10.2. The van der Waals surface area contributed by atoms with Crippen LogP contribution in [0.5, 0.6) is 0 Å². The third kappa shape index (κ3) is 8.72. The summed E-state index contributed by atoms with van der Waals surface area (Å²) in [7, 11) is -3.89. The highest BCUT2D eigenvalue weighted by atomic mass is 32.2. The van der Waals surface area contributed by atoms with Gasteiger partial charge in [0, 0.05) is 6.61 Å². The number of hydrogen-bond acceptors (Lipinski definition) is 4. The van der Waals surface area contributed by atoms with Gasteiger partial charge in [-0.2, -0.15) is 8.42 Å². The highest BCUT2D eigenvalue weighted by Gasteiger charge is 2.06. The van der Waals surface area contributed by atoms with Crippen LogP contribution in [0.15, 0.2) is 30.3 Å². The SMILES string of the molecule is CC(COCc1ccccc1)OCCCS(=O)(=O)O. The van der Waals surface area contributed by atoms with Crippen LogP contribution >= 0.6 is 0 Å². The molecule has 0 saturated carbocycles. The molecule has 1 unspecified atom stereocenters. The minimum atomic E-state index is -3.89. The van der Waals surface area contributed by atoms with Gasteiger partial charge in [-0.05, 0) is 18.9 Å². The lowest BCUT2D eigenvalue weighted by molar-refractivity contribution is -0.0116. The van der Waals surface area contributed by atoms with Gasteiger partial charge in [0.1, 0.15) is 0 Å². The maximum Gasteiger partial charge on any atom is 0.264 e. The average Bonchev–Trinajstić information content (AvgIpc) is 2.35. The van der Waals surface area contributed by atoms with Crippen LogP contribution in [0.1, 0.15) is 18.9 Å². The molecule has 0 bridgehead atoms. The minimum Gasteiger partial charge on any atom is -0.376 e. The van der Waals surface area contributed by atoms with E-state index in [0.717, 1.165) is 5.56 Å². The summed E-state index contributed by atoms with van der Waals surface area (Å²) in [6, 6.07) is 9.82. The van der Waals surface area contributed by atoms with Crippen LogP contribution in [0, 0.1) is 0 Å². The molecule has 0 saturated heterocycles. The van der Waals surface area contributed by atoms with E-state index >= 15 is 0 Å². The Morgan fingerprint density at radius 2 is 1.95 bits per heavy atom. The van der Waals surface area contributed by atoms with Crippen molar-refractivity contribution in [3.63, 3.8) is 0 Å². The van der Waals surface area contributed by atoms with Crippen LogP contribution in [0.2, 0.25) is 0 Å². The standard InChI is InChI=1S/C13H20O5S/c1-12(18-8-5-9-19(14,15)16)10-17-11-13-6-3-2-4-7-13/h2-4,6-7,12H,5,8-11H2,1H3,(H,14,15,16). The van der Waals surface area contributed by atoms with Crippen LogP contribution < -0.4 is 0 Å². The zero-order chi connectivity index (χ0) is 14.1. The first kappa shape index (κ1) is 16.1. The van der Waals surface area contributed by atoms with E-state index in [1.165, 1.54) is 0 Å². The van der Waals surface area contributed by atoms with Crippen molar-refractivity contribution in [3.8, 4) is 0 Å². The fraction of sp³-hybridized carbons (Fsp3) is 0.538. The quantitative estimate of drug-likeness (QED) is 0.555. The third-order valence-electron chi connectivity index (χ3n) is 2.41. The van der Waals surface area contributed by atoms with Crippen molar-refractivity contribution in [1.82, 2.24) is 0 Å². The zero-order valence-corrected chi connectivity index (χ0v) is 11.8. The van der Waals surface area contributed by atoms with Crippen LogP contribution in [0.3, 0.4) is 0 Å². The van der Waals surface area contributed by atoms with Gasteiger partial charge >= 0.3 is 0 Å². The second kappa shape index (κ2) is 8.27. The van der Waals surface area contributed by atoms with E-state index in [-0.39, 0.29) is 24.9 Å². The Kier molecular flexibility index (Phi) is 7.01. The van der Waals surface area contributed by atoms with Gasteiger partial charge < -0.3 is 9.47 Å². The van der Waals surface area contributed by atoms with Crippen LogP contribution in [0.4, 0.5) is 0 Å². The van der Waals surface area contributed by atoms with Crippen molar-refractivity contribution in [2.75, 3.05) is 19.0 Å². The summed E-state index contributed by atoms with van der Waals surface area (Å²) < 4.78 is 40.4. The second-order valence-corrected chi connectivity index (χ2v) is 5.89. The summed E-state index contributed by atoms with van der Waals surface area (Å²) >= 11 is 0. The maximum atomic E-state index is 10.5. The second-order valence-electron chi connectivity index (χ2n) is 4.32. The first-order chi connectivity index (χ1) is 8.97. The molecular weight excluding hydrogens is 268 g/mol. The zero-order valence-electron chi connectivity index (χ0n) is 11.0. The van der Waals surface area contributed by atoms with Crippen molar-refractivity contribution in [3.05, 3.63) is 35.9 Å². The van der Waals surface area contributed by atoms with E-state index in [1.807, 2.05) is 37.3 Å². The first-order valence-electron chi connectivity index (χ1n) is 6.16. The molecule has 1 aromatic carbocycles. The van der Waals surface area contributed by atoms with Gasteiger partial charge in [-0.15, -0.1) is 0 Å². The molecule has 1 aromatic rings. The van der Waals surface area contributed by atoms with E-state index in [0.29, 0.717) is 13.2 Å². The summed E-state index contributed by atoms with van der Waals surface area (Å²) in [6.45, 7) is 3.12. The minimum absolute atomic E-state index is 0.106. The normalized spacial score (nSPS) is 13.4. The van der Waals surface area contributed by atoms with Gasteiger partial charge in [0.05, 0.1) is 25.1 Å². The van der Waals surface area contributed by atoms with E-state index in [2.05, 4.69) is 0 Å². The van der Waals surface area contributed by atoms with Gasteiger partial charge in [-0.25, -0.2) is 0 Å². The molecule has 0 spiro atoms. The van der Waals surface area contributed by atoms with Gasteiger partial charge in [-0.1, -0.05) is 30.3 Å². The first-order valence-corrected chi connectivity index (χ1v) is 7.77. The number of benzene rings is 1. The van der Waals surface area contributed by atoms with Crippen molar-refractivity contribution >= 4 is 10.1 Å². The Bertz CT molecular complexity index is 443. The number of rotatable bonds is 9. The molecule has 0 aromatic heterocycles. The van der Waals surface area contributed by atoms with Crippen LogP contribution in [-0.2, 0) is 26.2 Å². The molecule has 0 aliphatic heterocycles. The van der Waals surface area contributed by atoms with Crippen molar-refractivity contribution in [1.29, 1.82) is 0 Å². The number of hydrogen-bond donors (Lipinski definition) is 1. The lowest BCUT2D eigenvalue weighted by Crippen LogP contribution is -2.18. The molecule has 1 N–H and O–H groups in total. The summed E-state index contributed by atoms with van der Waals surface area (Å²) in [5.41, 5.74) is 1.10. The van der Waals surface area contributed by atoms with E-state index < -0.39 is 10.1 Å².